The summed E-state index contributed by atoms with van der Waals surface area (Å²) in [6.45, 7) is 1.16. The van der Waals surface area contributed by atoms with Crippen molar-refractivity contribution >= 4 is 38.9 Å². The van der Waals surface area contributed by atoms with Gasteiger partial charge >= 0.3 is 0 Å². The van der Waals surface area contributed by atoms with Gasteiger partial charge in [-0.05, 0) is 25.1 Å². The molecule has 9 heteroatoms. The van der Waals surface area contributed by atoms with Crippen LogP contribution in [0.2, 0.25) is 0 Å². The van der Waals surface area contributed by atoms with E-state index in [1.54, 1.807) is 30.3 Å². The van der Waals surface area contributed by atoms with Crippen LogP contribution in [0, 0.1) is 0 Å². The van der Waals surface area contributed by atoms with Gasteiger partial charge in [0.2, 0.25) is 10.0 Å². The molecule has 0 fully saturated rings. The molecule has 0 aliphatic carbocycles. The average Bonchev–Trinajstić information content (AvgIpc) is 2.98. The van der Waals surface area contributed by atoms with Gasteiger partial charge in [-0.3, -0.25) is 4.79 Å². The molecule has 0 aliphatic rings. The number of aliphatic carboxylic acids is 1. The maximum absolute atomic E-state index is 12.1. The summed E-state index contributed by atoms with van der Waals surface area (Å²) in [5.41, 5.74) is 0.582. The highest BCUT2D eigenvalue weighted by Gasteiger charge is 2.21. The van der Waals surface area contributed by atoms with Crippen LogP contribution in [0.15, 0.2) is 46.7 Å². The van der Waals surface area contributed by atoms with E-state index in [4.69, 9.17) is 0 Å². The van der Waals surface area contributed by atoms with E-state index in [0.29, 0.717) is 5.69 Å². The van der Waals surface area contributed by atoms with Crippen LogP contribution in [0.5, 0.6) is 0 Å². The minimum Gasteiger partial charge on any atom is -0.548 e. The van der Waals surface area contributed by atoms with E-state index in [1.165, 1.54) is 11.4 Å². The standard InChI is InChI=1S/C14H14N2O5S2/c1-9(14(18)19)16-23(20,21)11-7-12(22-8-11)13(17)15-10-5-3-2-4-6-10/h2-9,16H,1H3,(H,15,17)(H,18,19)/p-1/t9-/m1/s1. The van der Waals surface area contributed by atoms with Crippen LogP contribution in [-0.4, -0.2) is 26.3 Å². The zero-order chi connectivity index (χ0) is 17.0. The number of anilines is 1. The molecule has 1 atom stereocenters. The monoisotopic (exact) mass is 353 g/mol. The van der Waals surface area contributed by atoms with Crippen LogP contribution >= 0.6 is 11.3 Å². The molecule has 1 heterocycles. The van der Waals surface area contributed by atoms with Crippen LogP contribution in [0.25, 0.3) is 0 Å². The Morgan fingerprint density at radius 2 is 1.87 bits per heavy atom. The molecule has 1 aromatic carbocycles. The largest absolute Gasteiger partial charge is 0.548 e. The summed E-state index contributed by atoms with van der Waals surface area (Å²) in [5, 5.41) is 14.5. The zero-order valence-corrected chi connectivity index (χ0v) is 13.6. The van der Waals surface area contributed by atoms with Gasteiger partial charge in [0.15, 0.2) is 0 Å². The second kappa shape index (κ2) is 6.90. The molecule has 2 N–H and O–H groups in total. The first-order chi connectivity index (χ1) is 10.8. The third-order valence-corrected chi connectivity index (χ3v) is 5.42. The molecule has 0 saturated heterocycles. The van der Waals surface area contributed by atoms with Crippen molar-refractivity contribution < 1.29 is 23.1 Å². The highest BCUT2D eigenvalue weighted by Crippen LogP contribution is 2.20. The van der Waals surface area contributed by atoms with Gasteiger partial charge in [0.25, 0.3) is 5.91 Å². The Morgan fingerprint density at radius 3 is 2.48 bits per heavy atom. The number of thiophene rings is 1. The number of hydrogen-bond acceptors (Lipinski definition) is 6. The van der Waals surface area contributed by atoms with Gasteiger partial charge < -0.3 is 15.2 Å². The van der Waals surface area contributed by atoms with Crippen LogP contribution in [0.3, 0.4) is 0 Å². The maximum Gasteiger partial charge on any atom is 0.265 e. The number of rotatable bonds is 6. The molecule has 2 aromatic rings. The Kier molecular flexibility index (Phi) is 5.14. The average molecular weight is 353 g/mol. The molecule has 122 valence electrons. The first-order valence-corrected chi connectivity index (χ1v) is 8.84. The highest BCUT2D eigenvalue weighted by molar-refractivity contribution is 7.89. The number of carbonyl (C=O) groups excluding carboxylic acids is 2. The fraction of sp³-hybridized carbons (Fsp3) is 0.143. The Bertz CT molecular complexity index is 815. The zero-order valence-electron chi connectivity index (χ0n) is 12.0. The lowest BCUT2D eigenvalue weighted by Gasteiger charge is -2.13. The molecule has 7 nitrogen and oxygen atoms in total. The molecule has 0 saturated carbocycles. The molecule has 2 rings (SSSR count). The van der Waals surface area contributed by atoms with Crippen molar-refractivity contribution in [1.82, 2.24) is 4.72 Å². The van der Waals surface area contributed by atoms with E-state index in [9.17, 15) is 23.1 Å². The number of carboxylic acid groups (broad SMARTS) is 1. The number of sulfonamides is 1. The molecule has 1 amide bonds. The molecule has 0 unspecified atom stereocenters. The second-order valence-electron chi connectivity index (χ2n) is 4.63. The minimum absolute atomic E-state index is 0.172. The number of carboxylic acids is 1. The summed E-state index contributed by atoms with van der Waals surface area (Å²) in [6.07, 6.45) is 0. The first-order valence-electron chi connectivity index (χ1n) is 6.48. The van der Waals surface area contributed by atoms with Gasteiger partial charge in [-0.2, -0.15) is 0 Å². The fourth-order valence-corrected chi connectivity index (χ4v) is 4.00. The molecule has 0 spiro atoms. The summed E-state index contributed by atoms with van der Waals surface area (Å²) in [4.78, 5) is 22.7. The topological polar surface area (TPSA) is 115 Å². The number of hydrogen-bond donors (Lipinski definition) is 2. The highest BCUT2D eigenvalue weighted by atomic mass is 32.2. The molecular weight excluding hydrogens is 340 g/mol. The number of carbonyl (C=O) groups is 2. The predicted molar refractivity (Wildman–Crippen MR) is 83.5 cm³/mol. The predicted octanol–water partition coefficient (Wildman–Crippen LogP) is 0.417. The molecule has 23 heavy (non-hydrogen) atoms. The van der Waals surface area contributed by atoms with E-state index in [2.05, 4.69) is 5.32 Å². The van der Waals surface area contributed by atoms with Gasteiger partial charge in [0.1, 0.15) is 0 Å². The van der Waals surface area contributed by atoms with Crippen molar-refractivity contribution in [3.63, 3.8) is 0 Å². The lowest BCUT2D eigenvalue weighted by atomic mass is 10.3. The van der Waals surface area contributed by atoms with E-state index in [-0.39, 0.29) is 9.77 Å². The molecule has 1 aromatic heterocycles. The second-order valence-corrected chi connectivity index (χ2v) is 7.25. The molecule has 0 bridgehead atoms. The maximum atomic E-state index is 12.1. The first kappa shape index (κ1) is 17.1. The summed E-state index contributed by atoms with van der Waals surface area (Å²) in [7, 11) is -4.03. The number of para-hydroxylation sites is 1. The van der Waals surface area contributed by atoms with Crippen molar-refractivity contribution in [2.75, 3.05) is 5.32 Å². The van der Waals surface area contributed by atoms with Gasteiger partial charge in [0, 0.05) is 11.1 Å². The van der Waals surface area contributed by atoms with E-state index < -0.39 is 27.9 Å². The van der Waals surface area contributed by atoms with Gasteiger partial charge in [-0.1, -0.05) is 18.2 Å². The van der Waals surface area contributed by atoms with Crippen molar-refractivity contribution in [3.8, 4) is 0 Å². The number of nitrogens with one attached hydrogen (secondary N) is 2. The van der Waals surface area contributed by atoms with Crippen molar-refractivity contribution in [1.29, 1.82) is 0 Å². The Balaban J connectivity index is 2.14. The Hall–Kier alpha value is -2.23. The Labute approximate surface area is 137 Å². The van der Waals surface area contributed by atoms with Crippen LogP contribution in [-0.2, 0) is 14.8 Å². The van der Waals surface area contributed by atoms with Crippen LogP contribution in [0.1, 0.15) is 16.6 Å². The number of benzene rings is 1. The molecule has 0 aliphatic heterocycles. The van der Waals surface area contributed by atoms with Gasteiger partial charge in [0.05, 0.1) is 21.8 Å². The summed E-state index contributed by atoms with van der Waals surface area (Å²) >= 11 is 0.945. The lowest BCUT2D eigenvalue weighted by Crippen LogP contribution is -2.45. The summed E-state index contributed by atoms with van der Waals surface area (Å²) in [6, 6.07) is 8.53. The third kappa shape index (κ3) is 4.38. The van der Waals surface area contributed by atoms with E-state index >= 15 is 0 Å². The van der Waals surface area contributed by atoms with Gasteiger partial charge in [-0.15, -0.1) is 11.3 Å². The summed E-state index contributed by atoms with van der Waals surface area (Å²) < 4.78 is 26.0. The fourth-order valence-electron chi connectivity index (χ4n) is 1.64. The van der Waals surface area contributed by atoms with Crippen LogP contribution < -0.4 is 15.1 Å². The van der Waals surface area contributed by atoms with Crippen molar-refractivity contribution in [2.45, 2.75) is 17.9 Å². The lowest BCUT2D eigenvalue weighted by molar-refractivity contribution is -0.307. The van der Waals surface area contributed by atoms with Crippen LogP contribution in [0.4, 0.5) is 5.69 Å². The minimum atomic E-state index is -4.03. The Morgan fingerprint density at radius 1 is 1.22 bits per heavy atom. The smallest absolute Gasteiger partial charge is 0.265 e. The third-order valence-electron chi connectivity index (χ3n) is 2.83. The summed E-state index contributed by atoms with van der Waals surface area (Å²) in [5.74, 6) is -1.98. The van der Waals surface area contributed by atoms with Crippen molar-refractivity contribution in [2.24, 2.45) is 0 Å². The van der Waals surface area contributed by atoms with E-state index in [1.807, 2.05) is 4.72 Å². The normalized spacial score (nSPS) is 12.6. The molecule has 0 radical (unpaired) electrons. The number of amides is 1. The van der Waals surface area contributed by atoms with Crippen molar-refractivity contribution in [3.05, 3.63) is 46.7 Å². The quantitative estimate of drug-likeness (QED) is 0.781. The van der Waals surface area contributed by atoms with Gasteiger partial charge in [-0.25, -0.2) is 13.1 Å². The van der Waals surface area contributed by atoms with E-state index in [0.717, 1.165) is 18.3 Å². The SMILES string of the molecule is C[C@@H](NS(=O)(=O)c1csc(C(=O)Nc2ccccc2)c1)C(=O)[O-]. The molecular formula is C14H13N2O5S2-.